The minimum absolute atomic E-state index is 0.116. The van der Waals surface area contributed by atoms with Crippen molar-refractivity contribution in [3.63, 3.8) is 0 Å². The zero-order valence-electron chi connectivity index (χ0n) is 16.7. The van der Waals surface area contributed by atoms with Gasteiger partial charge in [-0.3, -0.25) is 9.59 Å². The molecule has 2 aromatic carbocycles. The van der Waals surface area contributed by atoms with E-state index >= 15 is 0 Å². The van der Waals surface area contributed by atoms with Crippen LogP contribution in [0.1, 0.15) is 45.7 Å². The van der Waals surface area contributed by atoms with Crippen molar-refractivity contribution in [1.29, 1.82) is 0 Å². The number of fused-ring (bicyclic) bond motifs is 1. The summed E-state index contributed by atoms with van der Waals surface area (Å²) in [6.45, 7) is 6.10. The fraction of sp³-hybridized carbons (Fsp3) is 0.261. The molecule has 0 aliphatic carbocycles. The molecule has 1 aliphatic heterocycles. The molecule has 0 fully saturated rings. The van der Waals surface area contributed by atoms with Gasteiger partial charge in [-0.2, -0.15) is 0 Å². The Morgan fingerprint density at radius 3 is 2.48 bits per heavy atom. The zero-order chi connectivity index (χ0) is 20.5. The first-order chi connectivity index (χ1) is 13.9. The minimum atomic E-state index is -0.285. The highest BCUT2D eigenvalue weighted by atomic mass is 32.2. The molecular weight excluding hydrogens is 382 g/mol. The third kappa shape index (κ3) is 4.12. The zero-order valence-corrected chi connectivity index (χ0v) is 17.5. The molecule has 1 aliphatic rings. The molecule has 5 nitrogen and oxygen atoms in total. The molecule has 3 aromatic rings. The fourth-order valence-corrected chi connectivity index (χ4v) is 4.55. The van der Waals surface area contributed by atoms with Crippen LogP contribution in [0.5, 0.6) is 0 Å². The van der Waals surface area contributed by atoms with Gasteiger partial charge in [-0.05, 0) is 37.5 Å². The van der Waals surface area contributed by atoms with E-state index in [1.165, 1.54) is 17.3 Å². The maximum Gasteiger partial charge on any atom is 0.257 e. The summed E-state index contributed by atoms with van der Waals surface area (Å²) < 4.78 is 0. The fourth-order valence-electron chi connectivity index (χ4n) is 3.74. The highest BCUT2D eigenvalue weighted by molar-refractivity contribution is 7.98. The Morgan fingerprint density at radius 2 is 1.76 bits per heavy atom. The van der Waals surface area contributed by atoms with Gasteiger partial charge in [0.25, 0.3) is 5.56 Å². The van der Waals surface area contributed by atoms with E-state index in [0.717, 1.165) is 22.3 Å². The van der Waals surface area contributed by atoms with Crippen molar-refractivity contribution < 1.29 is 4.79 Å². The topological polar surface area (TPSA) is 74.8 Å². The van der Waals surface area contributed by atoms with Crippen LogP contribution in [0.3, 0.4) is 0 Å². The molecule has 4 rings (SSSR count). The number of anilines is 1. The maximum atomic E-state index is 12.9. The van der Waals surface area contributed by atoms with Crippen LogP contribution in [0.25, 0.3) is 0 Å². The standard InChI is InChI=1S/C23H23N3O2S/c1-13-4-7-16(8-5-13)12-29-23-25-21-20(22(28)26-23)18(11-19(27)24-21)17-9-6-14(2)10-15(17)3/h4-10,18H,11-12H2,1-3H3,(H2,24,25,26,27,28). The van der Waals surface area contributed by atoms with Crippen LogP contribution >= 0.6 is 11.8 Å². The number of amides is 1. The number of hydrogen-bond donors (Lipinski definition) is 2. The van der Waals surface area contributed by atoms with E-state index in [1.54, 1.807) is 0 Å². The van der Waals surface area contributed by atoms with E-state index in [1.807, 2.05) is 32.9 Å². The first-order valence-corrected chi connectivity index (χ1v) is 10.6. The number of aromatic nitrogens is 2. The van der Waals surface area contributed by atoms with E-state index in [9.17, 15) is 9.59 Å². The summed E-state index contributed by atoms with van der Waals surface area (Å²) in [4.78, 5) is 32.8. The third-order valence-electron chi connectivity index (χ3n) is 5.23. The molecule has 1 atom stereocenters. The molecule has 1 aromatic heterocycles. The Bertz CT molecular complexity index is 1140. The number of benzene rings is 2. The molecule has 1 unspecified atom stereocenters. The van der Waals surface area contributed by atoms with Gasteiger partial charge in [-0.1, -0.05) is 65.4 Å². The van der Waals surface area contributed by atoms with Crippen molar-refractivity contribution in [3.8, 4) is 0 Å². The second kappa shape index (κ2) is 7.87. The van der Waals surface area contributed by atoms with Crippen molar-refractivity contribution in [2.45, 2.75) is 44.0 Å². The number of H-pyrrole nitrogens is 1. The molecule has 1 amide bonds. The van der Waals surface area contributed by atoms with Gasteiger partial charge in [0.2, 0.25) is 5.91 Å². The predicted octanol–water partition coefficient (Wildman–Crippen LogP) is 4.46. The summed E-state index contributed by atoms with van der Waals surface area (Å²) in [7, 11) is 0. The van der Waals surface area contributed by atoms with Gasteiger partial charge in [-0.25, -0.2) is 4.98 Å². The van der Waals surface area contributed by atoms with Crippen LogP contribution < -0.4 is 10.9 Å². The van der Waals surface area contributed by atoms with Gasteiger partial charge in [0.05, 0.1) is 5.56 Å². The summed E-state index contributed by atoms with van der Waals surface area (Å²) in [5, 5.41) is 3.30. The summed E-state index contributed by atoms with van der Waals surface area (Å²) >= 11 is 1.45. The van der Waals surface area contributed by atoms with Gasteiger partial charge in [0, 0.05) is 18.1 Å². The highest BCUT2D eigenvalue weighted by Crippen LogP contribution is 2.36. The minimum Gasteiger partial charge on any atom is -0.310 e. The number of aryl methyl sites for hydroxylation is 3. The van der Waals surface area contributed by atoms with E-state index in [0.29, 0.717) is 22.3 Å². The van der Waals surface area contributed by atoms with Crippen molar-refractivity contribution in [2.24, 2.45) is 0 Å². The first-order valence-electron chi connectivity index (χ1n) is 9.60. The van der Waals surface area contributed by atoms with Crippen LogP contribution in [0, 0.1) is 20.8 Å². The first kappa shape index (κ1) is 19.5. The molecule has 0 radical (unpaired) electrons. The number of hydrogen-bond acceptors (Lipinski definition) is 4. The van der Waals surface area contributed by atoms with Crippen molar-refractivity contribution in [1.82, 2.24) is 9.97 Å². The number of rotatable bonds is 4. The maximum absolute atomic E-state index is 12.9. The van der Waals surface area contributed by atoms with Gasteiger partial charge in [0.1, 0.15) is 5.82 Å². The SMILES string of the molecule is Cc1ccc(CSc2nc3c(c(=O)[nH]2)C(c2ccc(C)cc2C)CC(=O)N3)cc1. The number of thioether (sulfide) groups is 1. The van der Waals surface area contributed by atoms with Gasteiger partial charge in [0.15, 0.2) is 5.16 Å². The Balaban J connectivity index is 1.66. The molecular formula is C23H23N3O2S. The van der Waals surface area contributed by atoms with E-state index in [2.05, 4.69) is 45.6 Å². The Hall–Kier alpha value is -2.86. The summed E-state index contributed by atoms with van der Waals surface area (Å²) in [5.74, 6) is 0.666. The molecule has 2 heterocycles. The normalized spacial score (nSPS) is 15.7. The van der Waals surface area contributed by atoms with Crippen LogP contribution in [0.15, 0.2) is 52.4 Å². The molecule has 0 saturated carbocycles. The quantitative estimate of drug-likeness (QED) is 0.496. The van der Waals surface area contributed by atoms with Crippen molar-refractivity contribution in [2.75, 3.05) is 5.32 Å². The van der Waals surface area contributed by atoms with E-state index in [4.69, 9.17) is 0 Å². The average Bonchev–Trinajstić information content (AvgIpc) is 2.66. The third-order valence-corrected chi connectivity index (χ3v) is 6.17. The van der Waals surface area contributed by atoms with Gasteiger partial charge >= 0.3 is 0 Å². The molecule has 0 bridgehead atoms. The lowest BCUT2D eigenvalue weighted by Gasteiger charge is -2.25. The van der Waals surface area contributed by atoms with Crippen molar-refractivity contribution in [3.05, 3.63) is 86.2 Å². The number of nitrogens with zero attached hydrogens (tertiary/aromatic N) is 1. The second-order valence-corrected chi connectivity index (χ2v) is 8.54. The number of carbonyl (C=O) groups is 1. The van der Waals surface area contributed by atoms with Crippen LogP contribution in [0.2, 0.25) is 0 Å². The van der Waals surface area contributed by atoms with Crippen LogP contribution in [-0.2, 0) is 10.5 Å². The number of aromatic amines is 1. The number of carbonyl (C=O) groups excluding carboxylic acids is 1. The molecule has 148 valence electrons. The largest absolute Gasteiger partial charge is 0.310 e. The average molecular weight is 406 g/mol. The predicted molar refractivity (Wildman–Crippen MR) is 117 cm³/mol. The Morgan fingerprint density at radius 1 is 1.03 bits per heavy atom. The Labute approximate surface area is 174 Å². The highest BCUT2D eigenvalue weighted by Gasteiger charge is 2.31. The molecule has 2 N–H and O–H groups in total. The second-order valence-electron chi connectivity index (χ2n) is 7.57. The van der Waals surface area contributed by atoms with E-state index in [-0.39, 0.29) is 23.8 Å². The molecule has 0 saturated heterocycles. The summed E-state index contributed by atoms with van der Waals surface area (Å²) in [6, 6.07) is 14.4. The monoisotopic (exact) mass is 405 g/mol. The van der Waals surface area contributed by atoms with Crippen LogP contribution in [-0.4, -0.2) is 15.9 Å². The summed E-state index contributed by atoms with van der Waals surface area (Å²) in [5.41, 5.74) is 5.94. The Kier molecular flexibility index (Phi) is 5.28. The van der Waals surface area contributed by atoms with Gasteiger partial charge < -0.3 is 10.3 Å². The summed E-state index contributed by atoms with van der Waals surface area (Å²) in [6.07, 6.45) is 0.248. The lowest BCUT2D eigenvalue weighted by atomic mass is 9.84. The van der Waals surface area contributed by atoms with Gasteiger partial charge in [-0.15, -0.1) is 0 Å². The molecule has 0 spiro atoms. The van der Waals surface area contributed by atoms with E-state index < -0.39 is 0 Å². The lowest BCUT2D eigenvalue weighted by Crippen LogP contribution is -2.31. The lowest BCUT2D eigenvalue weighted by molar-refractivity contribution is -0.116. The molecule has 29 heavy (non-hydrogen) atoms. The smallest absolute Gasteiger partial charge is 0.257 e. The van der Waals surface area contributed by atoms with Crippen LogP contribution in [0.4, 0.5) is 5.82 Å². The molecule has 6 heteroatoms. The number of nitrogens with one attached hydrogen (secondary N) is 2. The van der Waals surface area contributed by atoms with Crippen molar-refractivity contribution >= 4 is 23.5 Å².